The molecule has 0 unspecified atom stereocenters. The van der Waals surface area contributed by atoms with Crippen molar-refractivity contribution in [1.29, 1.82) is 0 Å². The minimum Gasteiger partial charge on any atom is -0.479 e. The molecule has 4 aromatic carbocycles. The van der Waals surface area contributed by atoms with Gasteiger partial charge in [-0.1, -0.05) is 108 Å². The summed E-state index contributed by atoms with van der Waals surface area (Å²) in [6.07, 6.45) is 6.84. The van der Waals surface area contributed by atoms with Crippen LogP contribution in [-0.2, 0) is 11.2 Å². The number of benzene rings is 4. The number of ether oxygens (including phenoxy) is 1. The minimum atomic E-state index is -1.11. The summed E-state index contributed by atoms with van der Waals surface area (Å²) in [6.45, 7) is 4.15. The number of para-hydroxylation sites is 2. The highest BCUT2D eigenvalue weighted by atomic mass is 32.2. The molecule has 6 heteroatoms. The first kappa shape index (κ1) is 31.4. The van der Waals surface area contributed by atoms with Crippen LogP contribution in [0.25, 0.3) is 11.1 Å². The molecule has 0 aliphatic carbocycles. The molecule has 2 N–H and O–H groups in total. The third-order valence-electron chi connectivity index (χ3n) is 6.79. The van der Waals surface area contributed by atoms with E-state index in [0.717, 1.165) is 19.3 Å². The van der Waals surface area contributed by atoms with Crippen LogP contribution in [0.3, 0.4) is 0 Å². The van der Waals surface area contributed by atoms with E-state index in [0.29, 0.717) is 17.3 Å². The first-order valence-electron chi connectivity index (χ1n) is 14.3. The average Bonchev–Trinajstić information content (AvgIpc) is 3.02. The fourth-order valence-corrected chi connectivity index (χ4v) is 5.27. The van der Waals surface area contributed by atoms with Gasteiger partial charge in [-0.05, 0) is 74.1 Å². The second-order valence-corrected chi connectivity index (χ2v) is 11.5. The van der Waals surface area contributed by atoms with Gasteiger partial charge in [-0.3, -0.25) is 4.79 Å². The molecule has 0 bridgehead atoms. The van der Waals surface area contributed by atoms with Crippen molar-refractivity contribution in [2.45, 2.75) is 38.5 Å². The summed E-state index contributed by atoms with van der Waals surface area (Å²) >= 11 is 1.18. The summed E-state index contributed by atoms with van der Waals surface area (Å²) in [5.74, 6) is -0.191. The van der Waals surface area contributed by atoms with E-state index in [1.165, 1.54) is 39.6 Å². The fraction of sp³-hybridized carbons (Fsp3) is 0.189. The highest BCUT2D eigenvalue weighted by molar-refractivity contribution is 8.00. The lowest BCUT2D eigenvalue weighted by atomic mass is 9.99. The van der Waals surface area contributed by atoms with Gasteiger partial charge in [-0.15, -0.1) is 11.8 Å². The molecule has 4 aromatic rings. The number of hydrogen-bond donors (Lipinski definition) is 2. The highest BCUT2D eigenvalue weighted by Gasteiger charge is 2.23. The Morgan fingerprint density at radius 1 is 0.814 bits per heavy atom. The number of nitrogens with one attached hydrogen (secondary N) is 1. The number of thioether (sulfide) groups is 1. The number of carboxylic acid groups (broad SMARTS) is 1. The molecule has 0 heterocycles. The number of carboxylic acids is 1. The summed E-state index contributed by atoms with van der Waals surface area (Å²) in [7, 11) is 0. The standard InChI is InChI=1S/C37H37NO4S/c1-27(2)17-18-29(20-19-28-21-23-31(24-22-28)30-11-5-3-6-12-30)25-26-43-36(37(40)41)38-35(39)33-15-9-10-16-34(33)42-32-13-7-4-8-14-32/h3-17,21-25,36H,18-20,26H2,1-2H3,(H,38,39)(H,40,41)/b29-25+/t36-/m0/s1. The first-order chi connectivity index (χ1) is 20.9. The molecular formula is C37H37NO4S. The molecule has 4 rings (SSSR count). The molecule has 220 valence electrons. The van der Waals surface area contributed by atoms with E-state index in [9.17, 15) is 14.7 Å². The lowest BCUT2D eigenvalue weighted by Crippen LogP contribution is -2.38. The molecule has 0 aliphatic heterocycles. The van der Waals surface area contributed by atoms with Crippen molar-refractivity contribution in [3.05, 3.63) is 144 Å². The number of allylic oxidation sites excluding steroid dienone is 3. The zero-order valence-corrected chi connectivity index (χ0v) is 25.3. The smallest absolute Gasteiger partial charge is 0.336 e. The van der Waals surface area contributed by atoms with Crippen molar-refractivity contribution < 1.29 is 19.4 Å². The fourth-order valence-electron chi connectivity index (χ4n) is 4.41. The minimum absolute atomic E-state index is 0.274. The Bertz CT molecular complexity index is 1540. The zero-order chi connectivity index (χ0) is 30.4. The molecule has 43 heavy (non-hydrogen) atoms. The number of amides is 1. The lowest BCUT2D eigenvalue weighted by molar-refractivity contribution is -0.136. The topological polar surface area (TPSA) is 75.6 Å². The van der Waals surface area contributed by atoms with Crippen LogP contribution in [0.5, 0.6) is 11.5 Å². The van der Waals surface area contributed by atoms with E-state index < -0.39 is 17.3 Å². The second kappa shape index (κ2) is 16.2. The van der Waals surface area contributed by atoms with Crippen molar-refractivity contribution in [2.24, 2.45) is 0 Å². The van der Waals surface area contributed by atoms with E-state index in [1.807, 2.05) is 36.4 Å². The van der Waals surface area contributed by atoms with Gasteiger partial charge in [0.1, 0.15) is 11.5 Å². The van der Waals surface area contributed by atoms with Crippen molar-refractivity contribution in [3.63, 3.8) is 0 Å². The molecule has 0 fully saturated rings. The van der Waals surface area contributed by atoms with Crippen LogP contribution in [0.4, 0.5) is 0 Å². The lowest BCUT2D eigenvalue weighted by Gasteiger charge is -2.16. The monoisotopic (exact) mass is 591 g/mol. The quantitative estimate of drug-likeness (QED) is 0.113. The SMILES string of the molecule is CC(C)=CC/C(=C\CS[C@H](NC(=O)c1ccccc1Oc1ccccc1)C(=O)O)CCc1ccc(-c2ccccc2)cc1. The summed E-state index contributed by atoms with van der Waals surface area (Å²) in [6, 6.07) is 34.9. The van der Waals surface area contributed by atoms with Gasteiger partial charge in [0.15, 0.2) is 5.37 Å². The van der Waals surface area contributed by atoms with Crippen LogP contribution in [0.1, 0.15) is 42.6 Å². The summed E-state index contributed by atoms with van der Waals surface area (Å²) in [5.41, 5.74) is 6.38. The van der Waals surface area contributed by atoms with Gasteiger partial charge in [0, 0.05) is 5.75 Å². The Hall–Kier alpha value is -4.55. The third kappa shape index (κ3) is 10.0. The van der Waals surface area contributed by atoms with Gasteiger partial charge in [0.05, 0.1) is 5.56 Å². The van der Waals surface area contributed by atoms with Crippen LogP contribution >= 0.6 is 11.8 Å². The molecule has 0 spiro atoms. The van der Waals surface area contributed by atoms with E-state index in [4.69, 9.17) is 4.74 Å². The van der Waals surface area contributed by atoms with Gasteiger partial charge in [-0.25, -0.2) is 4.79 Å². The number of rotatable bonds is 14. The first-order valence-corrected chi connectivity index (χ1v) is 15.4. The molecule has 5 nitrogen and oxygen atoms in total. The van der Waals surface area contributed by atoms with Crippen molar-refractivity contribution in [3.8, 4) is 22.6 Å². The Morgan fingerprint density at radius 3 is 2.12 bits per heavy atom. The van der Waals surface area contributed by atoms with Crippen LogP contribution < -0.4 is 10.1 Å². The Balaban J connectivity index is 1.38. The van der Waals surface area contributed by atoms with Crippen LogP contribution in [0.2, 0.25) is 0 Å². The van der Waals surface area contributed by atoms with Gasteiger partial charge in [0.25, 0.3) is 5.91 Å². The maximum Gasteiger partial charge on any atom is 0.336 e. The second-order valence-electron chi connectivity index (χ2n) is 10.3. The molecule has 1 amide bonds. The number of hydrogen-bond acceptors (Lipinski definition) is 4. The molecule has 0 aliphatic rings. The number of aliphatic carboxylic acids is 1. The Kier molecular flexibility index (Phi) is 11.8. The molecular weight excluding hydrogens is 554 g/mol. The normalized spacial score (nSPS) is 11.8. The largest absolute Gasteiger partial charge is 0.479 e. The van der Waals surface area contributed by atoms with Crippen molar-refractivity contribution in [1.82, 2.24) is 5.32 Å². The predicted octanol–water partition coefficient (Wildman–Crippen LogP) is 8.94. The van der Waals surface area contributed by atoms with Gasteiger partial charge < -0.3 is 15.2 Å². The highest BCUT2D eigenvalue weighted by Crippen LogP contribution is 2.26. The summed E-state index contributed by atoms with van der Waals surface area (Å²) in [5, 5.41) is 11.4. The van der Waals surface area contributed by atoms with E-state index >= 15 is 0 Å². The zero-order valence-electron chi connectivity index (χ0n) is 24.5. The number of carbonyl (C=O) groups is 2. The van der Waals surface area contributed by atoms with Crippen LogP contribution in [0.15, 0.2) is 132 Å². The van der Waals surface area contributed by atoms with Crippen molar-refractivity contribution in [2.75, 3.05) is 5.75 Å². The number of aryl methyl sites for hydroxylation is 1. The summed E-state index contributed by atoms with van der Waals surface area (Å²) in [4.78, 5) is 25.2. The van der Waals surface area contributed by atoms with E-state index in [-0.39, 0.29) is 5.56 Å². The average molecular weight is 592 g/mol. The van der Waals surface area contributed by atoms with E-state index in [1.54, 1.807) is 36.4 Å². The molecule has 0 saturated heterocycles. The molecule has 0 aromatic heterocycles. The Morgan fingerprint density at radius 2 is 1.44 bits per heavy atom. The van der Waals surface area contributed by atoms with Crippen LogP contribution in [0, 0.1) is 0 Å². The van der Waals surface area contributed by atoms with E-state index in [2.05, 4.69) is 67.7 Å². The summed E-state index contributed by atoms with van der Waals surface area (Å²) < 4.78 is 5.89. The van der Waals surface area contributed by atoms with Crippen LogP contribution in [-0.4, -0.2) is 28.1 Å². The maximum atomic E-state index is 13.1. The Labute approximate surface area is 258 Å². The third-order valence-corrected chi connectivity index (χ3v) is 7.80. The van der Waals surface area contributed by atoms with Crippen molar-refractivity contribution >= 4 is 23.6 Å². The number of carbonyl (C=O) groups excluding carboxylic acids is 1. The van der Waals surface area contributed by atoms with Gasteiger partial charge in [-0.2, -0.15) is 0 Å². The maximum absolute atomic E-state index is 13.1. The molecule has 0 radical (unpaired) electrons. The predicted molar refractivity (Wildman–Crippen MR) is 177 cm³/mol. The van der Waals surface area contributed by atoms with Gasteiger partial charge >= 0.3 is 5.97 Å². The van der Waals surface area contributed by atoms with Gasteiger partial charge in [0.2, 0.25) is 0 Å². The molecule has 1 atom stereocenters. The molecule has 0 saturated carbocycles.